The van der Waals surface area contributed by atoms with Gasteiger partial charge in [0.1, 0.15) is 0 Å². The highest BCUT2D eigenvalue weighted by atomic mass is 16.2. The third kappa shape index (κ3) is 3.44. The van der Waals surface area contributed by atoms with E-state index in [4.69, 9.17) is 0 Å². The molecule has 2 heterocycles. The number of carbonyl (C=O) groups is 1. The van der Waals surface area contributed by atoms with Gasteiger partial charge in [-0.25, -0.2) is 0 Å². The van der Waals surface area contributed by atoms with E-state index < -0.39 is 0 Å². The number of carbonyl (C=O) groups excluding carboxylic acids is 1. The summed E-state index contributed by atoms with van der Waals surface area (Å²) in [4.78, 5) is 14.4. The Morgan fingerprint density at radius 2 is 2.18 bits per heavy atom. The Kier molecular flexibility index (Phi) is 4.84. The summed E-state index contributed by atoms with van der Waals surface area (Å²) in [5, 5.41) is 3.47. The average Bonchev–Trinajstić information content (AvgIpc) is 2.89. The third-order valence-corrected chi connectivity index (χ3v) is 4.29. The van der Waals surface area contributed by atoms with Crippen LogP contribution in [0.1, 0.15) is 58.3 Å². The van der Waals surface area contributed by atoms with E-state index in [-0.39, 0.29) is 0 Å². The minimum Gasteiger partial charge on any atom is -0.340 e. The molecule has 3 heteroatoms. The van der Waals surface area contributed by atoms with E-state index in [9.17, 15) is 4.79 Å². The largest absolute Gasteiger partial charge is 0.340 e. The molecule has 2 fully saturated rings. The van der Waals surface area contributed by atoms with Gasteiger partial charge in [0.2, 0.25) is 5.91 Å². The molecule has 2 aliphatic rings. The molecule has 0 aromatic heterocycles. The first-order valence-electron chi connectivity index (χ1n) is 7.34. The Morgan fingerprint density at radius 3 is 2.88 bits per heavy atom. The van der Waals surface area contributed by atoms with E-state index in [0.717, 1.165) is 32.4 Å². The molecule has 2 atom stereocenters. The van der Waals surface area contributed by atoms with Gasteiger partial charge in [0.05, 0.1) is 0 Å². The molecule has 2 saturated heterocycles. The number of likely N-dealkylation sites (tertiary alicyclic amines) is 1. The van der Waals surface area contributed by atoms with Gasteiger partial charge in [0.25, 0.3) is 0 Å². The lowest BCUT2D eigenvalue weighted by molar-refractivity contribution is -0.135. The number of nitrogens with zero attached hydrogens (tertiary/aromatic N) is 1. The van der Waals surface area contributed by atoms with Crippen molar-refractivity contribution in [3.63, 3.8) is 0 Å². The average molecular weight is 238 g/mol. The third-order valence-electron chi connectivity index (χ3n) is 4.29. The maximum absolute atomic E-state index is 12.2. The van der Waals surface area contributed by atoms with Crippen LogP contribution in [0.15, 0.2) is 0 Å². The summed E-state index contributed by atoms with van der Waals surface area (Å²) in [5.74, 6) is 0.394. The van der Waals surface area contributed by atoms with Crippen molar-refractivity contribution in [2.75, 3.05) is 13.1 Å². The summed E-state index contributed by atoms with van der Waals surface area (Å²) < 4.78 is 0. The number of rotatable bonds is 4. The molecule has 0 radical (unpaired) electrons. The van der Waals surface area contributed by atoms with Crippen molar-refractivity contribution in [3.05, 3.63) is 0 Å². The molecule has 98 valence electrons. The first-order chi connectivity index (χ1) is 8.31. The lowest BCUT2D eigenvalue weighted by atomic mass is 9.99. The number of hydrogen-bond donors (Lipinski definition) is 1. The van der Waals surface area contributed by atoms with Crippen molar-refractivity contribution in [2.45, 2.75) is 70.4 Å². The van der Waals surface area contributed by atoms with E-state index in [0.29, 0.717) is 18.0 Å². The Labute approximate surface area is 105 Å². The van der Waals surface area contributed by atoms with Crippen LogP contribution < -0.4 is 5.32 Å². The molecule has 2 rings (SSSR count). The van der Waals surface area contributed by atoms with Gasteiger partial charge >= 0.3 is 0 Å². The summed E-state index contributed by atoms with van der Waals surface area (Å²) >= 11 is 0. The molecular weight excluding hydrogens is 212 g/mol. The van der Waals surface area contributed by atoms with Crippen LogP contribution in [-0.2, 0) is 4.79 Å². The molecule has 0 bridgehead atoms. The molecule has 17 heavy (non-hydrogen) atoms. The van der Waals surface area contributed by atoms with Gasteiger partial charge in [-0.2, -0.15) is 0 Å². The zero-order valence-electron chi connectivity index (χ0n) is 11.1. The van der Waals surface area contributed by atoms with Crippen LogP contribution in [0.5, 0.6) is 0 Å². The van der Waals surface area contributed by atoms with Crippen LogP contribution in [0.3, 0.4) is 0 Å². The van der Waals surface area contributed by atoms with Crippen LogP contribution in [0.4, 0.5) is 0 Å². The van der Waals surface area contributed by atoms with E-state index in [2.05, 4.69) is 17.1 Å². The molecule has 2 aliphatic heterocycles. The van der Waals surface area contributed by atoms with Gasteiger partial charge < -0.3 is 10.2 Å². The number of piperidine rings is 1. The van der Waals surface area contributed by atoms with Crippen LogP contribution in [0.25, 0.3) is 0 Å². The molecule has 1 amide bonds. The molecule has 0 aromatic carbocycles. The van der Waals surface area contributed by atoms with E-state index in [1.54, 1.807) is 0 Å². The molecule has 0 spiro atoms. The smallest absolute Gasteiger partial charge is 0.222 e. The standard InChI is InChI=1S/C14H26N2O/c1-2-13-7-3-4-11-16(13)14(17)9-8-12-6-5-10-15-12/h12-13,15H,2-11H2,1H3. The summed E-state index contributed by atoms with van der Waals surface area (Å²) in [7, 11) is 0. The second-order valence-electron chi connectivity index (χ2n) is 5.48. The van der Waals surface area contributed by atoms with Gasteiger partial charge in [0.15, 0.2) is 0 Å². The highest BCUT2D eigenvalue weighted by Gasteiger charge is 2.25. The second-order valence-corrected chi connectivity index (χ2v) is 5.48. The van der Waals surface area contributed by atoms with E-state index in [1.165, 1.54) is 32.1 Å². The monoisotopic (exact) mass is 238 g/mol. The minimum atomic E-state index is 0.394. The van der Waals surface area contributed by atoms with Crippen LogP contribution in [0, 0.1) is 0 Å². The SMILES string of the molecule is CCC1CCCCN1C(=O)CCC1CCCN1. The van der Waals surface area contributed by atoms with E-state index >= 15 is 0 Å². The second kappa shape index (κ2) is 6.39. The molecule has 1 N–H and O–H groups in total. The van der Waals surface area contributed by atoms with Gasteiger partial charge in [0, 0.05) is 25.0 Å². The Morgan fingerprint density at radius 1 is 1.29 bits per heavy atom. The van der Waals surface area contributed by atoms with Crippen molar-refractivity contribution < 1.29 is 4.79 Å². The predicted octanol–water partition coefficient (Wildman–Crippen LogP) is 2.31. The highest BCUT2D eigenvalue weighted by molar-refractivity contribution is 5.76. The van der Waals surface area contributed by atoms with Crippen molar-refractivity contribution in [1.82, 2.24) is 10.2 Å². The maximum atomic E-state index is 12.2. The first-order valence-corrected chi connectivity index (χ1v) is 7.34. The topological polar surface area (TPSA) is 32.3 Å². The fraction of sp³-hybridized carbons (Fsp3) is 0.929. The maximum Gasteiger partial charge on any atom is 0.222 e. The van der Waals surface area contributed by atoms with Crippen molar-refractivity contribution >= 4 is 5.91 Å². The quantitative estimate of drug-likeness (QED) is 0.815. The Bertz CT molecular complexity index is 249. The minimum absolute atomic E-state index is 0.394. The van der Waals surface area contributed by atoms with Crippen LogP contribution in [0.2, 0.25) is 0 Å². The predicted molar refractivity (Wildman–Crippen MR) is 69.9 cm³/mol. The van der Waals surface area contributed by atoms with Gasteiger partial charge in [-0.05, 0) is 51.5 Å². The fourth-order valence-electron chi connectivity index (χ4n) is 3.20. The van der Waals surface area contributed by atoms with Crippen LogP contribution in [-0.4, -0.2) is 36.0 Å². The van der Waals surface area contributed by atoms with Crippen LogP contribution >= 0.6 is 0 Å². The summed E-state index contributed by atoms with van der Waals surface area (Å²) in [5.41, 5.74) is 0. The van der Waals surface area contributed by atoms with Crippen molar-refractivity contribution in [3.8, 4) is 0 Å². The lowest BCUT2D eigenvalue weighted by Crippen LogP contribution is -2.43. The Hall–Kier alpha value is -0.570. The Balaban J connectivity index is 1.76. The van der Waals surface area contributed by atoms with E-state index in [1.807, 2.05) is 0 Å². The molecule has 2 unspecified atom stereocenters. The summed E-state index contributed by atoms with van der Waals surface area (Å²) in [6.07, 6.45) is 9.14. The van der Waals surface area contributed by atoms with Crippen molar-refractivity contribution in [2.24, 2.45) is 0 Å². The zero-order valence-corrected chi connectivity index (χ0v) is 11.1. The molecule has 0 saturated carbocycles. The fourth-order valence-corrected chi connectivity index (χ4v) is 3.20. The first kappa shape index (κ1) is 12.9. The molecule has 3 nitrogen and oxygen atoms in total. The van der Waals surface area contributed by atoms with Gasteiger partial charge in [-0.15, -0.1) is 0 Å². The lowest BCUT2D eigenvalue weighted by Gasteiger charge is -2.35. The number of amides is 1. The van der Waals surface area contributed by atoms with Gasteiger partial charge in [-0.1, -0.05) is 6.92 Å². The molecular formula is C14H26N2O. The summed E-state index contributed by atoms with van der Waals surface area (Å²) in [6.45, 7) is 4.34. The number of nitrogens with one attached hydrogen (secondary N) is 1. The van der Waals surface area contributed by atoms with Gasteiger partial charge in [-0.3, -0.25) is 4.79 Å². The highest BCUT2D eigenvalue weighted by Crippen LogP contribution is 2.21. The molecule has 0 aliphatic carbocycles. The van der Waals surface area contributed by atoms with Crippen molar-refractivity contribution in [1.29, 1.82) is 0 Å². The molecule has 0 aromatic rings. The number of hydrogen-bond acceptors (Lipinski definition) is 2. The zero-order chi connectivity index (χ0) is 12.1. The normalized spacial score (nSPS) is 29.6. The summed E-state index contributed by atoms with van der Waals surface area (Å²) in [6, 6.07) is 1.12.